The minimum absolute atomic E-state index is 0.171. The molecule has 0 bridgehead atoms. The second-order valence-corrected chi connectivity index (χ2v) is 6.84. The largest absolute Gasteiger partial charge is 0.481 e. The summed E-state index contributed by atoms with van der Waals surface area (Å²) in [4.78, 5) is 25.7. The molecule has 0 spiro atoms. The van der Waals surface area contributed by atoms with Crippen molar-refractivity contribution in [1.82, 2.24) is 4.90 Å². The number of carbonyl (C=O) groups is 2. The fourth-order valence-corrected chi connectivity index (χ4v) is 2.69. The van der Waals surface area contributed by atoms with Crippen molar-refractivity contribution in [1.29, 1.82) is 0 Å². The molecule has 1 aliphatic rings. The lowest BCUT2D eigenvalue weighted by atomic mass is 9.73. The van der Waals surface area contributed by atoms with Gasteiger partial charge in [0.05, 0.1) is 5.41 Å². The van der Waals surface area contributed by atoms with Crippen molar-refractivity contribution < 1.29 is 19.4 Å². The van der Waals surface area contributed by atoms with Crippen LogP contribution in [0.5, 0.6) is 0 Å². The molecule has 0 aromatic heterocycles. The van der Waals surface area contributed by atoms with Crippen LogP contribution < -0.4 is 0 Å². The van der Waals surface area contributed by atoms with Crippen LogP contribution in [0.1, 0.15) is 47.0 Å². The molecule has 120 valence electrons. The second kappa shape index (κ2) is 6.50. The van der Waals surface area contributed by atoms with Gasteiger partial charge in [0.15, 0.2) is 0 Å². The summed E-state index contributed by atoms with van der Waals surface area (Å²) >= 11 is 0. The number of carboxylic acid groups (broad SMARTS) is 1. The molecule has 0 radical (unpaired) electrons. The van der Waals surface area contributed by atoms with Gasteiger partial charge in [0, 0.05) is 13.1 Å². The number of aliphatic carboxylic acids is 1. The lowest BCUT2D eigenvalue weighted by Crippen LogP contribution is -2.48. The van der Waals surface area contributed by atoms with E-state index in [1.54, 1.807) is 26.8 Å². The first-order valence-electron chi connectivity index (χ1n) is 7.46. The quantitative estimate of drug-likeness (QED) is 0.812. The van der Waals surface area contributed by atoms with E-state index in [0.717, 1.165) is 12.8 Å². The van der Waals surface area contributed by atoms with Crippen molar-refractivity contribution in [2.45, 2.75) is 52.6 Å². The maximum atomic E-state index is 12.3. The molecule has 1 heterocycles. The third-order valence-corrected chi connectivity index (χ3v) is 4.08. The molecule has 1 fully saturated rings. The number of likely N-dealkylation sites (tertiary alicyclic amines) is 1. The molecular weight excluding hydrogens is 270 g/mol. The van der Waals surface area contributed by atoms with Crippen molar-refractivity contribution in [3.8, 4) is 0 Å². The molecule has 5 nitrogen and oxygen atoms in total. The van der Waals surface area contributed by atoms with E-state index in [-0.39, 0.29) is 12.5 Å². The lowest BCUT2D eigenvalue weighted by Gasteiger charge is -2.36. The van der Waals surface area contributed by atoms with Crippen LogP contribution in [0.4, 0.5) is 4.79 Å². The molecule has 1 N–H and O–H groups in total. The normalized spacial score (nSPS) is 24.9. The monoisotopic (exact) mass is 297 g/mol. The summed E-state index contributed by atoms with van der Waals surface area (Å²) < 4.78 is 5.39. The molecule has 5 heteroatoms. The zero-order chi connectivity index (χ0) is 16.3. The summed E-state index contributed by atoms with van der Waals surface area (Å²) in [6.45, 7) is 11.7. The summed E-state index contributed by atoms with van der Waals surface area (Å²) in [6.07, 6.45) is 3.34. The predicted octanol–water partition coefficient (Wildman–Crippen LogP) is 3.30. The Bertz CT molecular complexity index is 413. The molecular formula is C16H27NO4. The maximum Gasteiger partial charge on any atom is 0.410 e. The van der Waals surface area contributed by atoms with Crippen LogP contribution in [-0.2, 0) is 9.53 Å². The van der Waals surface area contributed by atoms with Crippen molar-refractivity contribution in [2.75, 3.05) is 13.1 Å². The van der Waals surface area contributed by atoms with Crippen LogP contribution in [0.3, 0.4) is 0 Å². The molecule has 0 aliphatic carbocycles. The third-order valence-electron chi connectivity index (χ3n) is 4.08. The molecule has 21 heavy (non-hydrogen) atoms. The van der Waals surface area contributed by atoms with Gasteiger partial charge in [0.25, 0.3) is 0 Å². The molecule has 0 aromatic rings. The van der Waals surface area contributed by atoms with E-state index in [2.05, 4.69) is 6.58 Å². The molecule has 1 saturated heterocycles. The number of allylic oxidation sites excluding steroid dienone is 1. The zero-order valence-electron chi connectivity index (χ0n) is 13.5. The van der Waals surface area contributed by atoms with Crippen molar-refractivity contribution in [3.63, 3.8) is 0 Å². The number of nitrogens with zero attached hydrogens (tertiary/aromatic N) is 1. The van der Waals surface area contributed by atoms with Crippen LogP contribution in [-0.4, -0.2) is 40.8 Å². The highest BCUT2D eigenvalue weighted by Crippen LogP contribution is 2.38. The number of ether oxygens (including phenoxy) is 1. The topological polar surface area (TPSA) is 66.8 Å². The van der Waals surface area contributed by atoms with E-state index in [9.17, 15) is 14.7 Å². The van der Waals surface area contributed by atoms with Crippen molar-refractivity contribution in [2.24, 2.45) is 11.3 Å². The average Bonchev–Trinajstić information content (AvgIpc) is 2.59. The summed E-state index contributed by atoms with van der Waals surface area (Å²) in [6, 6.07) is 0. The Morgan fingerprint density at radius 2 is 2.00 bits per heavy atom. The Labute approximate surface area is 127 Å². The minimum Gasteiger partial charge on any atom is -0.481 e. The zero-order valence-corrected chi connectivity index (χ0v) is 13.5. The Kier molecular flexibility index (Phi) is 5.42. The van der Waals surface area contributed by atoms with Gasteiger partial charge < -0.3 is 14.7 Å². The fraction of sp³-hybridized carbons (Fsp3) is 0.750. The average molecular weight is 297 g/mol. The van der Waals surface area contributed by atoms with Gasteiger partial charge in [-0.15, -0.1) is 6.58 Å². The SMILES string of the molecule is C=CC(C)C1(C(=O)O)CCCCN(C(=O)OC(C)(C)C)C1. The number of amides is 1. The van der Waals surface area contributed by atoms with Crippen LogP contribution >= 0.6 is 0 Å². The summed E-state index contributed by atoms with van der Waals surface area (Å²) in [5.74, 6) is -1.08. The lowest BCUT2D eigenvalue weighted by molar-refractivity contribution is -0.152. The Morgan fingerprint density at radius 1 is 1.38 bits per heavy atom. The van der Waals surface area contributed by atoms with E-state index in [1.165, 1.54) is 4.90 Å². The molecule has 0 aromatic carbocycles. The second-order valence-electron chi connectivity index (χ2n) is 6.84. The number of carbonyl (C=O) groups excluding carboxylic acids is 1. The van der Waals surface area contributed by atoms with Crippen LogP contribution in [0.15, 0.2) is 12.7 Å². The first-order valence-corrected chi connectivity index (χ1v) is 7.46. The van der Waals surface area contributed by atoms with E-state index in [4.69, 9.17) is 4.74 Å². The Hall–Kier alpha value is -1.52. The Balaban J connectivity index is 3.01. The Morgan fingerprint density at radius 3 is 2.48 bits per heavy atom. The van der Waals surface area contributed by atoms with Crippen LogP contribution in [0.25, 0.3) is 0 Å². The summed E-state index contributed by atoms with van der Waals surface area (Å²) in [5, 5.41) is 9.72. The summed E-state index contributed by atoms with van der Waals surface area (Å²) in [5.41, 5.74) is -1.56. The number of hydrogen-bond acceptors (Lipinski definition) is 3. The maximum absolute atomic E-state index is 12.3. The van der Waals surface area contributed by atoms with Gasteiger partial charge >= 0.3 is 12.1 Å². The van der Waals surface area contributed by atoms with Gasteiger partial charge in [-0.25, -0.2) is 4.79 Å². The first-order chi connectivity index (χ1) is 9.62. The summed E-state index contributed by atoms with van der Waals surface area (Å²) in [7, 11) is 0. The number of hydrogen-bond donors (Lipinski definition) is 1. The van der Waals surface area contributed by atoms with E-state index in [1.807, 2.05) is 6.92 Å². The molecule has 1 rings (SSSR count). The van der Waals surface area contributed by atoms with Crippen molar-refractivity contribution >= 4 is 12.1 Å². The fourth-order valence-electron chi connectivity index (χ4n) is 2.69. The van der Waals surface area contributed by atoms with Crippen LogP contribution in [0, 0.1) is 11.3 Å². The smallest absolute Gasteiger partial charge is 0.410 e. The molecule has 0 saturated carbocycles. The van der Waals surface area contributed by atoms with E-state index in [0.29, 0.717) is 13.0 Å². The van der Waals surface area contributed by atoms with Gasteiger partial charge in [-0.05, 0) is 39.5 Å². The van der Waals surface area contributed by atoms with Gasteiger partial charge in [-0.2, -0.15) is 0 Å². The highest BCUT2D eigenvalue weighted by Gasteiger charge is 2.46. The predicted molar refractivity (Wildman–Crippen MR) is 81.1 cm³/mol. The van der Waals surface area contributed by atoms with Gasteiger partial charge in [-0.1, -0.05) is 19.4 Å². The minimum atomic E-state index is -0.977. The molecule has 1 amide bonds. The third kappa shape index (κ3) is 4.22. The molecule has 1 aliphatic heterocycles. The van der Waals surface area contributed by atoms with Gasteiger partial charge in [-0.3, -0.25) is 4.79 Å². The van der Waals surface area contributed by atoms with Crippen LogP contribution in [0.2, 0.25) is 0 Å². The first kappa shape index (κ1) is 17.5. The number of carboxylic acids is 1. The highest BCUT2D eigenvalue weighted by molar-refractivity contribution is 5.77. The molecule has 2 unspecified atom stereocenters. The van der Waals surface area contributed by atoms with Gasteiger partial charge in [0.2, 0.25) is 0 Å². The van der Waals surface area contributed by atoms with Gasteiger partial charge in [0.1, 0.15) is 5.60 Å². The van der Waals surface area contributed by atoms with Crippen molar-refractivity contribution in [3.05, 3.63) is 12.7 Å². The standard InChI is InChI=1S/C16H27NO4/c1-6-12(2)16(13(18)19)9-7-8-10-17(11-16)14(20)21-15(3,4)5/h6,12H,1,7-11H2,2-5H3,(H,18,19). The number of rotatable bonds is 3. The highest BCUT2D eigenvalue weighted by atomic mass is 16.6. The van der Waals surface area contributed by atoms with E-state index < -0.39 is 23.1 Å². The van der Waals surface area contributed by atoms with E-state index >= 15 is 0 Å². The molecule has 2 atom stereocenters.